The third-order valence-corrected chi connectivity index (χ3v) is 6.55. The van der Waals surface area contributed by atoms with Crippen molar-refractivity contribution in [2.75, 3.05) is 59.1 Å². The molecule has 26 heavy (non-hydrogen) atoms. The van der Waals surface area contributed by atoms with Gasteiger partial charge in [0, 0.05) is 31.1 Å². The molecule has 0 saturated carbocycles. The van der Waals surface area contributed by atoms with Gasteiger partial charge in [-0.25, -0.2) is 4.79 Å². The quantitative estimate of drug-likeness (QED) is 0.737. The van der Waals surface area contributed by atoms with Gasteiger partial charge in [0.15, 0.2) is 5.06 Å². The van der Waals surface area contributed by atoms with Gasteiger partial charge in [0.25, 0.3) is 0 Å². The number of urea groups is 1. The number of hydrogen-bond acceptors (Lipinski definition) is 5. The molecule has 3 aliphatic heterocycles. The number of amides is 2. The summed E-state index contributed by atoms with van der Waals surface area (Å²) >= 11 is 1.71. The van der Waals surface area contributed by atoms with Crippen LogP contribution in [0, 0.1) is 0 Å². The van der Waals surface area contributed by atoms with Crippen LogP contribution in [0.25, 0.3) is 0 Å². The molecule has 0 spiro atoms. The number of ether oxygens (including phenoxy) is 2. The lowest BCUT2D eigenvalue weighted by Crippen LogP contribution is -2.49. The van der Waals surface area contributed by atoms with Crippen molar-refractivity contribution < 1.29 is 14.3 Å². The van der Waals surface area contributed by atoms with E-state index in [1.807, 2.05) is 9.80 Å². The van der Waals surface area contributed by atoms with Crippen LogP contribution in [0.5, 0.6) is 5.06 Å². The Morgan fingerprint density at radius 2 is 1.92 bits per heavy atom. The minimum absolute atomic E-state index is 0.153. The van der Waals surface area contributed by atoms with Crippen LogP contribution in [0.15, 0.2) is 6.07 Å². The Hall–Kier alpha value is -1.31. The lowest BCUT2D eigenvalue weighted by molar-refractivity contribution is 0.0423. The monoisotopic (exact) mass is 379 g/mol. The van der Waals surface area contributed by atoms with Crippen molar-refractivity contribution in [3.63, 3.8) is 0 Å². The van der Waals surface area contributed by atoms with Gasteiger partial charge < -0.3 is 24.2 Å². The molecule has 0 unspecified atom stereocenters. The van der Waals surface area contributed by atoms with E-state index in [1.165, 1.54) is 36.4 Å². The Bertz CT molecular complexity index is 609. The molecule has 6 nitrogen and oxygen atoms in total. The molecule has 2 fully saturated rings. The average Bonchev–Trinajstić information content (AvgIpc) is 3.34. The van der Waals surface area contributed by atoms with Gasteiger partial charge >= 0.3 is 6.03 Å². The predicted molar refractivity (Wildman–Crippen MR) is 102 cm³/mol. The first-order valence-electron chi connectivity index (χ1n) is 9.88. The van der Waals surface area contributed by atoms with E-state index in [0.29, 0.717) is 32.8 Å². The van der Waals surface area contributed by atoms with Gasteiger partial charge in [-0.05, 0) is 50.4 Å². The second-order valence-electron chi connectivity index (χ2n) is 7.32. The Labute approximate surface area is 159 Å². The molecule has 0 bridgehead atoms. The SMILES string of the molecule is O=C(N1CCOCC1)N1CCc2cc(OCCCN3CCCC3)sc2C1. The lowest BCUT2D eigenvalue weighted by atomic mass is 10.1. The number of thiophene rings is 1. The molecular formula is C19H29N3O3S. The summed E-state index contributed by atoms with van der Waals surface area (Å²) in [5.41, 5.74) is 1.36. The van der Waals surface area contributed by atoms with Crippen LogP contribution < -0.4 is 4.74 Å². The van der Waals surface area contributed by atoms with Gasteiger partial charge in [0.1, 0.15) is 0 Å². The first-order chi connectivity index (χ1) is 12.8. The van der Waals surface area contributed by atoms with E-state index in [1.54, 1.807) is 11.3 Å². The van der Waals surface area contributed by atoms with Crippen LogP contribution >= 0.6 is 11.3 Å². The van der Waals surface area contributed by atoms with Gasteiger partial charge in [0.05, 0.1) is 26.4 Å². The second kappa shape index (κ2) is 8.59. The summed E-state index contributed by atoms with van der Waals surface area (Å²) in [5, 5.41) is 1.01. The maximum Gasteiger partial charge on any atom is 0.320 e. The van der Waals surface area contributed by atoms with Crippen LogP contribution in [0.3, 0.4) is 0 Å². The number of carbonyl (C=O) groups excluding carboxylic acids is 1. The zero-order chi connectivity index (χ0) is 17.8. The normalized spacial score (nSPS) is 21.1. The number of rotatable bonds is 5. The maximum absolute atomic E-state index is 12.7. The summed E-state index contributed by atoms with van der Waals surface area (Å²) in [4.78, 5) is 20.4. The molecule has 1 aromatic heterocycles. The summed E-state index contributed by atoms with van der Waals surface area (Å²) in [6, 6.07) is 2.34. The molecule has 2 amide bonds. The van der Waals surface area contributed by atoms with E-state index in [9.17, 15) is 4.79 Å². The van der Waals surface area contributed by atoms with Crippen LogP contribution in [0.2, 0.25) is 0 Å². The minimum Gasteiger partial charge on any atom is -0.484 e. The van der Waals surface area contributed by atoms with E-state index in [0.717, 1.165) is 37.6 Å². The second-order valence-corrected chi connectivity index (χ2v) is 8.42. The number of nitrogens with zero attached hydrogens (tertiary/aromatic N) is 3. The molecule has 1 aromatic rings. The number of fused-ring (bicyclic) bond motifs is 1. The molecule has 0 atom stereocenters. The van der Waals surface area contributed by atoms with Crippen LogP contribution in [-0.4, -0.2) is 79.8 Å². The fourth-order valence-corrected chi connectivity index (χ4v) is 5.05. The van der Waals surface area contributed by atoms with Crippen molar-refractivity contribution in [3.05, 3.63) is 16.5 Å². The van der Waals surface area contributed by atoms with Crippen LogP contribution in [0.1, 0.15) is 29.7 Å². The topological polar surface area (TPSA) is 45.3 Å². The van der Waals surface area contributed by atoms with Crippen LogP contribution in [-0.2, 0) is 17.7 Å². The molecule has 2 saturated heterocycles. The third-order valence-electron chi connectivity index (χ3n) is 5.47. The molecule has 144 valence electrons. The van der Waals surface area contributed by atoms with Gasteiger partial charge in [-0.15, -0.1) is 11.3 Å². The summed E-state index contributed by atoms with van der Waals surface area (Å²) in [5.74, 6) is 0. The van der Waals surface area contributed by atoms with E-state index >= 15 is 0 Å². The zero-order valence-corrected chi connectivity index (χ0v) is 16.3. The molecule has 0 aromatic carbocycles. The molecule has 7 heteroatoms. The highest BCUT2D eigenvalue weighted by atomic mass is 32.1. The summed E-state index contributed by atoms with van der Waals surface area (Å²) in [7, 11) is 0. The summed E-state index contributed by atoms with van der Waals surface area (Å²) in [6.07, 6.45) is 4.71. The molecule has 4 heterocycles. The smallest absolute Gasteiger partial charge is 0.320 e. The Kier molecular flexibility index (Phi) is 5.97. The molecule has 0 aliphatic carbocycles. The number of morpholine rings is 1. The van der Waals surface area contributed by atoms with Crippen molar-refractivity contribution >= 4 is 17.4 Å². The first-order valence-corrected chi connectivity index (χ1v) is 10.7. The van der Waals surface area contributed by atoms with Gasteiger partial charge in [-0.1, -0.05) is 0 Å². The van der Waals surface area contributed by atoms with Gasteiger partial charge in [-0.3, -0.25) is 0 Å². The summed E-state index contributed by atoms with van der Waals surface area (Å²) < 4.78 is 11.3. The maximum atomic E-state index is 12.7. The van der Waals surface area contributed by atoms with Gasteiger partial charge in [0.2, 0.25) is 0 Å². The van der Waals surface area contributed by atoms with Crippen LogP contribution in [0.4, 0.5) is 4.79 Å². The Morgan fingerprint density at radius 1 is 1.12 bits per heavy atom. The molecule has 3 aliphatic rings. The van der Waals surface area contributed by atoms with E-state index < -0.39 is 0 Å². The lowest BCUT2D eigenvalue weighted by Gasteiger charge is -2.34. The Morgan fingerprint density at radius 3 is 2.73 bits per heavy atom. The third kappa shape index (κ3) is 4.32. The average molecular weight is 380 g/mol. The predicted octanol–water partition coefficient (Wildman–Crippen LogP) is 2.42. The van der Waals surface area contributed by atoms with E-state index in [2.05, 4.69) is 11.0 Å². The number of hydrogen-bond donors (Lipinski definition) is 0. The van der Waals surface area contributed by atoms with Crippen molar-refractivity contribution in [3.8, 4) is 5.06 Å². The van der Waals surface area contributed by atoms with E-state index in [4.69, 9.17) is 9.47 Å². The largest absolute Gasteiger partial charge is 0.484 e. The number of carbonyl (C=O) groups is 1. The Balaban J connectivity index is 1.25. The minimum atomic E-state index is 0.153. The fourth-order valence-electron chi connectivity index (χ4n) is 3.95. The fraction of sp³-hybridized carbons (Fsp3) is 0.737. The highest BCUT2D eigenvalue weighted by molar-refractivity contribution is 7.14. The van der Waals surface area contributed by atoms with E-state index in [-0.39, 0.29) is 6.03 Å². The van der Waals surface area contributed by atoms with Crippen molar-refractivity contribution in [2.45, 2.75) is 32.2 Å². The first kappa shape index (κ1) is 18.1. The standard InChI is InChI=1S/C19H29N3O3S/c23-19(21-9-12-24-13-10-21)22-8-4-16-14-18(26-17(16)15-22)25-11-3-7-20-5-1-2-6-20/h14H,1-13,15H2. The summed E-state index contributed by atoms with van der Waals surface area (Å²) in [6.45, 7) is 8.66. The van der Waals surface area contributed by atoms with Crippen molar-refractivity contribution in [2.24, 2.45) is 0 Å². The molecule has 0 radical (unpaired) electrons. The van der Waals surface area contributed by atoms with Gasteiger partial charge in [-0.2, -0.15) is 0 Å². The highest BCUT2D eigenvalue weighted by Gasteiger charge is 2.27. The number of likely N-dealkylation sites (tertiary alicyclic amines) is 1. The molecule has 4 rings (SSSR count). The molecule has 0 N–H and O–H groups in total. The highest BCUT2D eigenvalue weighted by Crippen LogP contribution is 2.33. The van der Waals surface area contributed by atoms with Crippen molar-refractivity contribution in [1.82, 2.24) is 14.7 Å². The molecular weight excluding hydrogens is 350 g/mol. The van der Waals surface area contributed by atoms with Crippen molar-refractivity contribution in [1.29, 1.82) is 0 Å². The zero-order valence-electron chi connectivity index (χ0n) is 15.5.